The molecule has 1 N–H and O–H groups in total. The molecule has 2 aromatic heterocycles. The van der Waals surface area contributed by atoms with Crippen molar-refractivity contribution >= 4 is 50.3 Å². The monoisotopic (exact) mass is 485 g/mol. The van der Waals surface area contributed by atoms with Gasteiger partial charge in [0.1, 0.15) is 17.1 Å². The van der Waals surface area contributed by atoms with Gasteiger partial charge in [0, 0.05) is 29.3 Å². The minimum atomic E-state index is -0.298. The Hall–Kier alpha value is -2.87. The maximum Gasteiger partial charge on any atom is 0.310 e. The molecule has 4 rings (SSSR count). The molecule has 0 spiro atoms. The summed E-state index contributed by atoms with van der Waals surface area (Å²) in [5.41, 5.74) is 2.80. The fourth-order valence-corrected chi connectivity index (χ4v) is 4.05. The summed E-state index contributed by atoms with van der Waals surface area (Å²) in [5.74, 6) is -0.214. The SMILES string of the molecule is CCOC(=O)[C@@H]1CCCN(C(=O)c2cc3occc3c(Nc3ccc(Br)c(C)c3)n2)C1. The summed E-state index contributed by atoms with van der Waals surface area (Å²) >= 11 is 3.51. The minimum absolute atomic E-state index is 0.220. The Morgan fingerprint density at radius 1 is 1.32 bits per heavy atom. The predicted octanol–water partition coefficient (Wildman–Crippen LogP) is 5.06. The number of hydrogen-bond acceptors (Lipinski definition) is 6. The number of piperidine rings is 1. The number of nitrogens with one attached hydrogen (secondary N) is 1. The highest BCUT2D eigenvalue weighted by atomic mass is 79.9. The Morgan fingerprint density at radius 2 is 2.16 bits per heavy atom. The Balaban J connectivity index is 1.61. The van der Waals surface area contributed by atoms with Gasteiger partial charge in [-0.3, -0.25) is 9.59 Å². The van der Waals surface area contributed by atoms with Crippen LogP contribution in [0.2, 0.25) is 0 Å². The van der Waals surface area contributed by atoms with Crippen LogP contribution < -0.4 is 5.32 Å². The van der Waals surface area contributed by atoms with Gasteiger partial charge >= 0.3 is 5.97 Å². The molecule has 8 heteroatoms. The van der Waals surface area contributed by atoms with Crippen LogP contribution in [-0.4, -0.2) is 41.5 Å². The van der Waals surface area contributed by atoms with Crippen LogP contribution in [0.25, 0.3) is 11.0 Å². The van der Waals surface area contributed by atoms with Gasteiger partial charge in [-0.2, -0.15) is 0 Å². The second kappa shape index (κ2) is 9.09. The normalized spacial score (nSPS) is 16.4. The molecule has 1 fully saturated rings. The number of amides is 1. The first kappa shape index (κ1) is 21.4. The number of halogens is 1. The van der Waals surface area contributed by atoms with Gasteiger partial charge in [0.05, 0.1) is 24.2 Å². The van der Waals surface area contributed by atoms with E-state index < -0.39 is 0 Å². The zero-order valence-electron chi connectivity index (χ0n) is 17.5. The third kappa shape index (κ3) is 4.58. The number of ether oxygens (including phenoxy) is 1. The Kier molecular flexibility index (Phi) is 6.27. The molecule has 1 aromatic carbocycles. The number of esters is 1. The van der Waals surface area contributed by atoms with E-state index in [0.29, 0.717) is 31.1 Å². The first-order chi connectivity index (χ1) is 15.0. The van der Waals surface area contributed by atoms with Crippen LogP contribution in [0.15, 0.2) is 45.5 Å². The van der Waals surface area contributed by atoms with Crippen molar-refractivity contribution in [1.29, 1.82) is 0 Å². The number of anilines is 2. The van der Waals surface area contributed by atoms with Gasteiger partial charge in [-0.15, -0.1) is 0 Å². The average Bonchev–Trinajstić information content (AvgIpc) is 3.25. The molecule has 3 heterocycles. The second-order valence-corrected chi connectivity index (χ2v) is 8.47. The number of carbonyl (C=O) groups is 2. The molecule has 7 nitrogen and oxygen atoms in total. The van der Waals surface area contributed by atoms with Crippen LogP contribution >= 0.6 is 15.9 Å². The maximum absolute atomic E-state index is 13.2. The van der Waals surface area contributed by atoms with Crippen LogP contribution in [0.1, 0.15) is 35.8 Å². The first-order valence-corrected chi connectivity index (χ1v) is 11.1. The van der Waals surface area contributed by atoms with Crippen molar-refractivity contribution in [3.8, 4) is 0 Å². The van der Waals surface area contributed by atoms with E-state index in [0.717, 1.165) is 34.0 Å². The Morgan fingerprint density at radius 3 is 2.94 bits per heavy atom. The van der Waals surface area contributed by atoms with Gasteiger partial charge in [-0.05, 0) is 56.5 Å². The highest BCUT2D eigenvalue weighted by molar-refractivity contribution is 9.10. The third-order valence-corrected chi connectivity index (χ3v) is 6.31. The van der Waals surface area contributed by atoms with E-state index in [1.807, 2.05) is 31.2 Å². The van der Waals surface area contributed by atoms with Gasteiger partial charge in [-0.25, -0.2) is 4.98 Å². The van der Waals surface area contributed by atoms with E-state index >= 15 is 0 Å². The lowest BCUT2D eigenvalue weighted by molar-refractivity contribution is -0.149. The summed E-state index contributed by atoms with van der Waals surface area (Å²) in [4.78, 5) is 31.7. The van der Waals surface area contributed by atoms with E-state index in [-0.39, 0.29) is 23.5 Å². The molecule has 3 aromatic rings. The lowest BCUT2D eigenvalue weighted by Crippen LogP contribution is -2.43. The number of likely N-dealkylation sites (tertiary alicyclic amines) is 1. The van der Waals surface area contributed by atoms with Crippen LogP contribution in [0.4, 0.5) is 11.5 Å². The van der Waals surface area contributed by atoms with Gasteiger partial charge in [0.25, 0.3) is 5.91 Å². The number of furan rings is 1. The Bertz CT molecular complexity index is 1130. The van der Waals surface area contributed by atoms with E-state index in [4.69, 9.17) is 9.15 Å². The van der Waals surface area contributed by atoms with E-state index in [1.165, 1.54) is 0 Å². The molecule has 162 valence electrons. The molecule has 1 saturated heterocycles. The molecule has 0 saturated carbocycles. The molecule has 0 aliphatic carbocycles. The lowest BCUT2D eigenvalue weighted by Gasteiger charge is -2.31. The number of nitrogens with zero attached hydrogens (tertiary/aromatic N) is 2. The fraction of sp³-hybridized carbons (Fsp3) is 0.348. The zero-order chi connectivity index (χ0) is 22.0. The van der Waals surface area contributed by atoms with E-state index in [2.05, 4.69) is 26.2 Å². The summed E-state index contributed by atoms with van der Waals surface area (Å²) in [5, 5.41) is 4.10. The van der Waals surface area contributed by atoms with Crippen molar-refractivity contribution < 1.29 is 18.7 Å². The van der Waals surface area contributed by atoms with Gasteiger partial charge in [-0.1, -0.05) is 15.9 Å². The zero-order valence-corrected chi connectivity index (χ0v) is 19.1. The van der Waals surface area contributed by atoms with Crippen LogP contribution in [0.3, 0.4) is 0 Å². The number of fused-ring (bicyclic) bond motifs is 1. The van der Waals surface area contributed by atoms with Crippen LogP contribution in [0.5, 0.6) is 0 Å². The maximum atomic E-state index is 13.2. The molecule has 1 aliphatic heterocycles. The summed E-state index contributed by atoms with van der Waals surface area (Å²) < 4.78 is 11.7. The number of aryl methyl sites for hydroxylation is 1. The van der Waals surface area contributed by atoms with Crippen molar-refractivity contribution in [2.45, 2.75) is 26.7 Å². The van der Waals surface area contributed by atoms with Gasteiger partial charge in [0.2, 0.25) is 0 Å². The summed E-state index contributed by atoms with van der Waals surface area (Å²) in [7, 11) is 0. The molecule has 31 heavy (non-hydrogen) atoms. The van der Waals surface area contributed by atoms with Gasteiger partial charge < -0.3 is 19.4 Å². The topological polar surface area (TPSA) is 84.7 Å². The number of pyridine rings is 1. The lowest BCUT2D eigenvalue weighted by atomic mass is 9.98. The number of carbonyl (C=O) groups excluding carboxylic acids is 2. The van der Waals surface area contributed by atoms with Crippen molar-refractivity contribution in [1.82, 2.24) is 9.88 Å². The second-order valence-electron chi connectivity index (χ2n) is 7.62. The van der Waals surface area contributed by atoms with E-state index in [9.17, 15) is 9.59 Å². The number of rotatable bonds is 5. The molecule has 1 aliphatic rings. The third-order valence-electron chi connectivity index (χ3n) is 5.42. The molecular formula is C23H24BrN3O4. The predicted molar refractivity (Wildman–Crippen MR) is 121 cm³/mol. The quantitative estimate of drug-likeness (QED) is 0.508. The van der Waals surface area contributed by atoms with Crippen LogP contribution in [0, 0.1) is 12.8 Å². The standard InChI is InChI=1S/C23H24BrN3O4/c1-3-30-23(29)15-5-4-9-27(13-15)22(28)19-12-20-17(8-10-31-20)21(26-19)25-16-6-7-18(24)14(2)11-16/h6-8,10-12,15H,3-5,9,13H2,1-2H3,(H,25,26)/t15-/m1/s1. The largest absolute Gasteiger partial charge is 0.466 e. The molecule has 0 radical (unpaired) electrons. The van der Waals surface area contributed by atoms with E-state index in [1.54, 1.807) is 24.2 Å². The Labute approximate surface area is 188 Å². The summed E-state index contributed by atoms with van der Waals surface area (Å²) in [6.45, 7) is 5.05. The summed E-state index contributed by atoms with van der Waals surface area (Å²) in [6.07, 6.45) is 3.06. The van der Waals surface area contributed by atoms with Crippen molar-refractivity contribution in [2.24, 2.45) is 5.92 Å². The molecule has 1 amide bonds. The molecule has 0 bridgehead atoms. The number of benzene rings is 1. The smallest absolute Gasteiger partial charge is 0.310 e. The number of aromatic nitrogens is 1. The average molecular weight is 486 g/mol. The first-order valence-electron chi connectivity index (χ1n) is 10.3. The van der Waals surface area contributed by atoms with Gasteiger partial charge in [0.15, 0.2) is 0 Å². The molecule has 0 unspecified atom stereocenters. The minimum Gasteiger partial charge on any atom is -0.466 e. The van der Waals surface area contributed by atoms with Crippen molar-refractivity contribution in [3.63, 3.8) is 0 Å². The summed E-state index contributed by atoms with van der Waals surface area (Å²) in [6, 6.07) is 9.38. The van der Waals surface area contributed by atoms with Crippen molar-refractivity contribution in [3.05, 3.63) is 52.3 Å². The van der Waals surface area contributed by atoms with Crippen molar-refractivity contribution in [2.75, 3.05) is 25.0 Å². The van der Waals surface area contributed by atoms with Crippen LogP contribution in [-0.2, 0) is 9.53 Å². The molecular weight excluding hydrogens is 462 g/mol. The number of hydrogen-bond donors (Lipinski definition) is 1. The molecule has 1 atom stereocenters. The fourth-order valence-electron chi connectivity index (χ4n) is 3.81. The highest BCUT2D eigenvalue weighted by Crippen LogP contribution is 2.29. The highest BCUT2D eigenvalue weighted by Gasteiger charge is 2.30.